The van der Waals surface area contributed by atoms with E-state index in [0.717, 1.165) is 0 Å². The van der Waals surface area contributed by atoms with Crippen molar-refractivity contribution < 1.29 is 14.7 Å². The molecular weight excluding hydrogens is 248 g/mol. The van der Waals surface area contributed by atoms with E-state index >= 15 is 0 Å². The number of hydrogen-bond acceptors (Lipinski definition) is 5. The van der Waals surface area contributed by atoms with Crippen LogP contribution in [0.3, 0.4) is 0 Å². The fourth-order valence-electron chi connectivity index (χ4n) is 1.46. The van der Waals surface area contributed by atoms with Crippen LogP contribution in [0.15, 0.2) is 36.7 Å². The van der Waals surface area contributed by atoms with Crippen LogP contribution in [0.5, 0.6) is 0 Å². The molecule has 0 spiro atoms. The Balaban J connectivity index is 2.30. The molecule has 0 aliphatic rings. The van der Waals surface area contributed by atoms with Crippen LogP contribution < -0.4 is 11.1 Å². The molecule has 0 atom stereocenters. The van der Waals surface area contributed by atoms with Gasteiger partial charge in [0.2, 0.25) is 0 Å². The lowest BCUT2D eigenvalue weighted by Crippen LogP contribution is -2.17. The van der Waals surface area contributed by atoms with Crippen LogP contribution in [0, 0.1) is 0 Å². The summed E-state index contributed by atoms with van der Waals surface area (Å²) >= 11 is 0. The first-order chi connectivity index (χ1) is 9.09. The van der Waals surface area contributed by atoms with Crippen molar-refractivity contribution in [2.24, 2.45) is 0 Å². The van der Waals surface area contributed by atoms with Gasteiger partial charge in [0.05, 0.1) is 5.56 Å². The van der Waals surface area contributed by atoms with Gasteiger partial charge in [0.1, 0.15) is 17.2 Å². The molecule has 0 aliphatic carbocycles. The van der Waals surface area contributed by atoms with Gasteiger partial charge in [0.25, 0.3) is 5.91 Å². The van der Waals surface area contributed by atoms with Gasteiger partial charge >= 0.3 is 5.97 Å². The monoisotopic (exact) mass is 258 g/mol. The number of aromatic nitrogens is 2. The minimum Gasteiger partial charge on any atom is -0.478 e. The Bertz CT molecular complexity index is 642. The molecule has 1 amide bonds. The lowest BCUT2D eigenvalue weighted by molar-refractivity contribution is 0.0697. The summed E-state index contributed by atoms with van der Waals surface area (Å²) in [6.07, 6.45) is 2.84. The second-order valence-corrected chi connectivity index (χ2v) is 3.60. The molecule has 7 heteroatoms. The Kier molecular flexibility index (Phi) is 3.37. The highest BCUT2D eigenvalue weighted by molar-refractivity contribution is 6.09. The van der Waals surface area contributed by atoms with Gasteiger partial charge in [-0.15, -0.1) is 0 Å². The molecular formula is C12H10N4O3. The SMILES string of the molecule is Nc1ncccc1C(=O)Nc1ncccc1C(=O)O. The third kappa shape index (κ3) is 2.65. The van der Waals surface area contributed by atoms with Crippen molar-refractivity contribution in [3.05, 3.63) is 47.8 Å². The van der Waals surface area contributed by atoms with E-state index in [2.05, 4.69) is 15.3 Å². The molecule has 0 aromatic carbocycles. The van der Waals surface area contributed by atoms with Crippen molar-refractivity contribution >= 4 is 23.5 Å². The number of carbonyl (C=O) groups excluding carboxylic acids is 1. The Morgan fingerprint density at radius 1 is 1.11 bits per heavy atom. The zero-order chi connectivity index (χ0) is 13.8. The summed E-state index contributed by atoms with van der Waals surface area (Å²) in [4.78, 5) is 30.5. The van der Waals surface area contributed by atoms with E-state index in [0.29, 0.717) is 0 Å². The molecule has 96 valence electrons. The number of hydrogen-bond donors (Lipinski definition) is 3. The van der Waals surface area contributed by atoms with Crippen LogP contribution >= 0.6 is 0 Å². The Hall–Kier alpha value is -2.96. The smallest absolute Gasteiger partial charge is 0.339 e. The first-order valence-corrected chi connectivity index (χ1v) is 5.29. The second kappa shape index (κ2) is 5.13. The van der Waals surface area contributed by atoms with E-state index in [1.54, 1.807) is 6.07 Å². The van der Waals surface area contributed by atoms with Crippen molar-refractivity contribution in [2.45, 2.75) is 0 Å². The van der Waals surface area contributed by atoms with E-state index < -0.39 is 11.9 Å². The van der Waals surface area contributed by atoms with E-state index in [4.69, 9.17) is 10.8 Å². The Morgan fingerprint density at radius 2 is 1.74 bits per heavy atom. The topological polar surface area (TPSA) is 118 Å². The van der Waals surface area contributed by atoms with Crippen LogP contribution in [0.1, 0.15) is 20.7 Å². The van der Waals surface area contributed by atoms with Crippen LogP contribution in [-0.2, 0) is 0 Å². The minimum absolute atomic E-state index is 0.0387. The number of nitrogens with one attached hydrogen (secondary N) is 1. The van der Waals surface area contributed by atoms with E-state index in [1.165, 1.54) is 30.6 Å². The van der Waals surface area contributed by atoms with Crippen molar-refractivity contribution in [2.75, 3.05) is 11.1 Å². The highest BCUT2D eigenvalue weighted by Gasteiger charge is 2.15. The Morgan fingerprint density at radius 3 is 2.37 bits per heavy atom. The van der Waals surface area contributed by atoms with Crippen LogP contribution in [0.4, 0.5) is 11.6 Å². The third-order valence-corrected chi connectivity index (χ3v) is 2.35. The van der Waals surface area contributed by atoms with Crippen molar-refractivity contribution in [3.63, 3.8) is 0 Å². The standard InChI is InChI=1S/C12H10N4O3/c13-9-7(3-1-5-14-9)11(17)16-10-8(12(18)19)4-2-6-15-10/h1-6H,(H2,13,14)(H,18,19)(H,15,16,17). The number of nitrogen functional groups attached to an aromatic ring is 1. The molecule has 4 N–H and O–H groups in total. The maximum Gasteiger partial charge on any atom is 0.339 e. The molecule has 2 heterocycles. The average molecular weight is 258 g/mol. The summed E-state index contributed by atoms with van der Waals surface area (Å²) in [5, 5.41) is 11.4. The number of carboxylic acid groups (broad SMARTS) is 1. The molecule has 2 aromatic heterocycles. The number of carboxylic acids is 1. The lowest BCUT2D eigenvalue weighted by Gasteiger charge is -2.07. The predicted molar refractivity (Wildman–Crippen MR) is 67.8 cm³/mol. The van der Waals surface area contributed by atoms with Gasteiger partial charge in [0, 0.05) is 12.4 Å². The number of anilines is 2. The van der Waals surface area contributed by atoms with Gasteiger partial charge < -0.3 is 16.2 Å². The van der Waals surface area contributed by atoms with Crippen molar-refractivity contribution in [1.29, 1.82) is 0 Å². The number of carbonyl (C=O) groups is 2. The molecule has 0 saturated heterocycles. The number of rotatable bonds is 3. The highest BCUT2D eigenvalue weighted by atomic mass is 16.4. The van der Waals surface area contributed by atoms with E-state index in [1.807, 2.05) is 0 Å². The van der Waals surface area contributed by atoms with Crippen LogP contribution in [0.2, 0.25) is 0 Å². The molecule has 0 unspecified atom stereocenters. The first-order valence-electron chi connectivity index (χ1n) is 5.29. The number of amides is 1. The molecule has 0 aliphatic heterocycles. The number of aromatic carboxylic acids is 1. The lowest BCUT2D eigenvalue weighted by atomic mass is 10.2. The quantitative estimate of drug-likeness (QED) is 0.756. The summed E-state index contributed by atoms with van der Waals surface area (Å²) < 4.78 is 0. The van der Waals surface area contributed by atoms with Gasteiger partial charge in [0.15, 0.2) is 0 Å². The van der Waals surface area contributed by atoms with Gasteiger partial charge in [-0.2, -0.15) is 0 Å². The molecule has 19 heavy (non-hydrogen) atoms. The van der Waals surface area contributed by atoms with Gasteiger partial charge in [-0.1, -0.05) is 0 Å². The molecule has 7 nitrogen and oxygen atoms in total. The maximum atomic E-state index is 11.9. The summed E-state index contributed by atoms with van der Waals surface area (Å²) in [6.45, 7) is 0. The summed E-state index contributed by atoms with van der Waals surface area (Å²) in [5.74, 6) is -1.72. The average Bonchev–Trinajstić information content (AvgIpc) is 2.39. The predicted octanol–water partition coefficient (Wildman–Crippen LogP) is 1.01. The molecule has 0 fully saturated rings. The Labute approximate surface area is 108 Å². The zero-order valence-corrected chi connectivity index (χ0v) is 9.70. The first kappa shape index (κ1) is 12.5. The van der Waals surface area contributed by atoms with Gasteiger partial charge in [-0.3, -0.25) is 4.79 Å². The van der Waals surface area contributed by atoms with Crippen molar-refractivity contribution in [1.82, 2.24) is 9.97 Å². The van der Waals surface area contributed by atoms with E-state index in [-0.39, 0.29) is 22.8 Å². The number of nitrogens with two attached hydrogens (primary N) is 1. The molecule has 0 saturated carbocycles. The summed E-state index contributed by atoms with van der Waals surface area (Å²) in [7, 11) is 0. The second-order valence-electron chi connectivity index (χ2n) is 3.60. The summed E-state index contributed by atoms with van der Waals surface area (Å²) in [5.41, 5.74) is 5.62. The molecule has 2 rings (SSSR count). The highest BCUT2D eigenvalue weighted by Crippen LogP contribution is 2.14. The van der Waals surface area contributed by atoms with E-state index in [9.17, 15) is 9.59 Å². The normalized spacial score (nSPS) is 9.89. The molecule has 2 aromatic rings. The maximum absolute atomic E-state index is 11.9. The molecule has 0 bridgehead atoms. The fraction of sp³-hybridized carbons (Fsp3) is 0. The van der Waals surface area contributed by atoms with Crippen molar-refractivity contribution in [3.8, 4) is 0 Å². The fourth-order valence-corrected chi connectivity index (χ4v) is 1.46. The number of nitrogens with zero attached hydrogens (tertiary/aromatic N) is 2. The third-order valence-electron chi connectivity index (χ3n) is 2.35. The van der Waals surface area contributed by atoms with Crippen LogP contribution in [0.25, 0.3) is 0 Å². The minimum atomic E-state index is -1.18. The number of pyridine rings is 2. The summed E-state index contributed by atoms with van der Waals surface area (Å²) in [6, 6.07) is 5.86. The van der Waals surface area contributed by atoms with Crippen LogP contribution in [-0.4, -0.2) is 27.0 Å². The van der Waals surface area contributed by atoms with Gasteiger partial charge in [-0.25, -0.2) is 14.8 Å². The largest absolute Gasteiger partial charge is 0.478 e. The molecule has 0 radical (unpaired) electrons. The zero-order valence-electron chi connectivity index (χ0n) is 9.70. The van der Waals surface area contributed by atoms with Gasteiger partial charge in [-0.05, 0) is 24.3 Å².